The molecule has 7 nitrogen and oxygen atoms in total. The maximum absolute atomic E-state index is 13.1. The lowest BCUT2D eigenvalue weighted by molar-refractivity contribution is -0.110. The number of nitrogens with zero attached hydrogens (tertiary/aromatic N) is 1. The van der Waals surface area contributed by atoms with Crippen LogP contribution in [0.2, 0.25) is 0 Å². The smallest absolute Gasteiger partial charge is 0.219 e. The Morgan fingerprint density at radius 1 is 1.08 bits per heavy atom. The van der Waals surface area contributed by atoms with Gasteiger partial charge in [0.25, 0.3) is 0 Å². The lowest BCUT2D eigenvalue weighted by Crippen LogP contribution is -2.44. The van der Waals surface area contributed by atoms with E-state index < -0.39 is 21.3 Å². The Morgan fingerprint density at radius 3 is 2.27 bits per heavy atom. The highest BCUT2D eigenvalue weighted by molar-refractivity contribution is 7.90. The van der Waals surface area contributed by atoms with E-state index in [2.05, 4.69) is 4.72 Å². The van der Waals surface area contributed by atoms with E-state index in [9.17, 15) is 8.42 Å². The number of ether oxygens (including phenoxy) is 2. The fourth-order valence-corrected chi connectivity index (χ4v) is 5.60. The topological polar surface area (TPSA) is 77.1 Å². The normalized spacial score (nSPS) is 25.3. The zero-order valence-corrected chi connectivity index (χ0v) is 16.4. The van der Waals surface area contributed by atoms with Gasteiger partial charge in [-0.05, 0) is 30.5 Å². The van der Waals surface area contributed by atoms with E-state index in [1.54, 1.807) is 32.4 Å². The average molecular weight is 384 g/mol. The van der Waals surface area contributed by atoms with Gasteiger partial charge in [-0.2, -0.15) is 5.06 Å². The molecule has 26 heavy (non-hydrogen) atoms. The molecule has 1 aromatic carbocycles. The van der Waals surface area contributed by atoms with Gasteiger partial charge in [0.1, 0.15) is 16.7 Å². The minimum atomic E-state index is -3.53. The van der Waals surface area contributed by atoms with Gasteiger partial charge in [-0.3, -0.25) is 4.84 Å². The van der Waals surface area contributed by atoms with E-state index in [1.807, 2.05) is 12.1 Å². The van der Waals surface area contributed by atoms with Crippen LogP contribution in [-0.4, -0.2) is 52.6 Å². The van der Waals surface area contributed by atoms with Crippen molar-refractivity contribution in [2.45, 2.75) is 49.4 Å². The van der Waals surface area contributed by atoms with Crippen LogP contribution in [0.15, 0.2) is 18.2 Å². The molecular formula is C18H28N2O5S. The molecule has 1 aliphatic heterocycles. The highest BCUT2D eigenvalue weighted by atomic mass is 32.2. The maximum atomic E-state index is 13.1. The molecule has 2 atom stereocenters. The van der Waals surface area contributed by atoms with E-state index in [4.69, 9.17) is 14.3 Å². The number of hydrogen-bond acceptors (Lipinski definition) is 6. The largest absolute Gasteiger partial charge is 0.497 e. The lowest BCUT2D eigenvalue weighted by atomic mass is 9.96. The quantitative estimate of drug-likeness (QED) is 0.811. The van der Waals surface area contributed by atoms with E-state index >= 15 is 0 Å². The van der Waals surface area contributed by atoms with Gasteiger partial charge in [0.2, 0.25) is 10.0 Å². The summed E-state index contributed by atoms with van der Waals surface area (Å²) >= 11 is 0. The number of hydrogen-bond donors (Lipinski definition) is 1. The number of methoxy groups -OCH3 is 2. The van der Waals surface area contributed by atoms with Crippen molar-refractivity contribution in [2.24, 2.45) is 0 Å². The zero-order chi connectivity index (χ0) is 18.7. The third kappa shape index (κ3) is 4.14. The van der Waals surface area contributed by atoms with Crippen LogP contribution in [0.3, 0.4) is 0 Å². The molecule has 0 bridgehead atoms. The van der Waals surface area contributed by atoms with Gasteiger partial charge < -0.3 is 9.47 Å². The number of rotatable bonds is 6. The number of nitrogens with one attached hydrogen (secondary N) is 1. The second-order valence-corrected chi connectivity index (χ2v) is 8.90. The summed E-state index contributed by atoms with van der Waals surface area (Å²) in [5, 5.41) is 0.921. The maximum Gasteiger partial charge on any atom is 0.219 e. The number of hydroxylamine groups is 2. The van der Waals surface area contributed by atoms with Gasteiger partial charge in [-0.15, -0.1) is 0 Å². The fourth-order valence-electron chi connectivity index (χ4n) is 3.82. The zero-order valence-electron chi connectivity index (χ0n) is 15.6. The predicted molar refractivity (Wildman–Crippen MR) is 98.7 cm³/mol. The first-order chi connectivity index (χ1) is 12.4. The van der Waals surface area contributed by atoms with Crippen LogP contribution >= 0.6 is 0 Å². The van der Waals surface area contributed by atoms with Crippen molar-refractivity contribution in [1.29, 1.82) is 0 Å². The van der Waals surface area contributed by atoms with E-state index in [1.165, 1.54) is 6.42 Å². The van der Waals surface area contributed by atoms with Crippen LogP contribution in [0.1, 0.15) is 43.7 Å². The van der Waals surface area contributed by atoms with E-state index in [-0.39, 0.29) is 12.6 Å². The third-order valence-corrected chi connectivity index (χ3v) is 7.09. The first kappa shape index (κ1) is 19.4. The van der Waals surface area contributed by atoms with Crippen molar-refractivity contribution in [3.05, 3.63) is 23.8 Å². The summed E-state index contributed by atoms with van der Waals surface area (Å²) in [6.45, 7) is 0.128. The van der Waals surface area contributed by atoms with Crippen LogP contribution in [0, 0.1) is 0 Å². The lowest BCUT2D eigenvalue weighted by Gasteiger charge is -2.27. The average Bonchev–Trinajstić information content (AvgIpc) is 3.04. The van der Waals surface area contributed by atoms with Crippen LogP contribution in [0.25, 0.3) is 0 Å². The summed E-state index contributed by atoms with van der Waals surface area (Å²) < 4.78 is 39.7. The molecule has 2 aliphatic rings. The fraction of sp³-hybridized carbons (Fsp3) is 0.667. The van der Waals surface area contributed by atoms with Crippen LogP contribution in [-0.2, 0) is 14.9 Å². The Balaban J connectivity index is 1.87. The Bertz CT molecular complexity index is 696. The number of sulfonamides is 1. The highest BCUT2D eigenvalue weighted by Crippen LogP contribution is 2.37. The van der Waals surface area contributed by atoms with Crippen molar-refractivity contribution in [3.63, 3.8) is 0 Å². The van der Waals surface area contributed by atoms with Crippen molar-refractivity contribution in [1.82, 2.24) is 9.79 Å². The summed E-state index contributed by atoms with van der Waals surface area (Å²) in [5.74, 6) is 1.24. The SMILES string of the molecule is COc1cc(OC)cc([C@H]2[C@@H](S(=O)(=O)NC3CCCCC3)CON2C)c1. The van der Waals surface area contributed by atoms with E-state index in [0.717, 1.165) is 31.2 Å². The Hall–Kier alpha value is -1.35. The Morgan fingerprint density at radius 2 is 1.69 bits per heavy atom. The molecule has 0 radical (unpaired) electrons. The van der Waals surface area contributed by atoms with Crippen molar-refractivity contribution < 1.29 is 22.7 Å². The molecule has 0 aromatic heterocycles. The third-order valence-electron chi connectivity index (χ3n) is 5.24. The van der Waals surface area contributed by atoms with Crippen molar-refractivity contribution in [3.8, 4) is 11.5 Å². The van der Waals surface area contributed by atoms with Crippen LogP contribution in [0.4, 0.5) is 0 Å². The van der Waals surface area contributed by atoms with Crippen molar-refractivity contribution >= 4 is 10.0 Å². The summed E-state index contributed by atoms with van der Waals surface area (Å²) in [6, 6.07) is 5.03. The predicted octanol–water partition coefficient (Wildman–Crippen LogP) is 2.24. The van der Waals surface area contributed by atoms with E-state index in [0.29, 0.717) is 11.5 Å². The highest BCUT2D eigenvalue weighted by Gasteiger charge is 2.44. The molecule has 1 saturated carbocycles. The second kappa shape index (κ2) is 8.12. The molecule has 0 amide bonds. The van der Waals surface area contributed by atoms with Gasteiger partial charge in [-0.1, -0.05) is 19.3 Å². The molecule has 146 valence electrons. The summed E-state index contributed by atoms with van der Waals surface area (Å²) in [7, 11) is 1.38. The minimum absolute atomic E-state index is 0.0279. The first-order valence-electron chi connectivity index (χ1n) is 9.04. The summed E-state index contributed by atoms with van der Waals surface area (Å²) in [5.41, 5.74) is 0.792. The molecule has 0 unspecified atom stereocenters. The molecule has 3 rings (SSSR count). The molecule has 1 aromatic rings. The van der Waals surface area contributed by atoms with Gasteiger partial charge >= 0.3 is 0 Å². The molecule has 1 N–H and O–H groups in total. The van der Waals surface area contributed by atoms with Crippen LogP contribution in [0.5, 0.6) is 11.5 Å². The molecular weight excluding hydrogens is 356 g/mol. The van der Waals surface area contributed by atoms with Crippen LogP contribution < -0.4 is 14.2 Å². The monoisotopic (exact) mass is 384 g/mol. The summed E-state index contributed by atoms with van der Waals surface area (Å²) in [6.07, 6.45) is 5.13. The minimum Gasteiger partial charge on any atom is -0.497 e. The molecule has 1 saturated heterocycles. The number of benzene rings is 1. The van der Waals surface area contributed by atoms with Crippen molar-refractivity contribution in [2.75, 3.05) is 27.9 Å². The summed E-state index contributed by atoms with van der Waals surface area (Å²) in [4.78, 5) is 5.59. The van der Waals surface area contributed by atoms with Gasteiger partial charge in [0.05, 0.1) is 26.9 Å². The second-order valence-electron chi connectivity index (χ2n) is 6.97. The molecule has 1 heterocycles. The molecule has 0 spiro atoms. The molecule has 8 heteroatoms. The standard InChI is InChI=1S/C18H28N2O5S/c1-20-18(13-9-15(23-2)11-16(10-13)24-3)17(12-25-20)26(21,22)19-14-7-5-4-6-8-14/h9-11,14,17-19H,4-8,12H2,1-3H3/t17-,18-/m0/s1. The Labute approximate surface area is 155 Å². The van der Waals surface area contributed by atoms with Gasteiger partial charge in [0, 0.05) is 19.2 Å². The Kier molecular flexibility index (Phi) is 6.06. The molecule has 1 aliphatic carbocycles. The van der Waals surface area contributed by atoms with Gasteiger partial charge in [0.15, 0.2) is 0 Å². The van der Waals surface area contributed by atoms with Gasteiger partial charge in [-0.25, -0.2) is 13.1 Å². The first-order valence-corrected chi connectivity index (χ1v) is 10.6. The molecule has 2 fully saturated rings.